The number of hydrogen-bond donors (Lipinski definition) is 2. The van der Waals surface area contributed by atoms with Crippen molar-refractivity contribution in [2.75, 3.05) is 39.3 Å². The highest BCUT2D eigenvalue weighted by molar-refractivity contribution is 9.10. The minimum absolute atomic E-state index is 0.0759. The Morgan fingerprint density at radius 1 is 1.38 bits per heavy atom. The maximum atomic E-state index is 12.0. The molecule has 1 aliphatic rings. The normalized spacial score (nSPS) is 17.2. The molecule has 0 radical (unpaired) electrons. The number of ether oxygens (including phenoxy) is 1. The average molecular weight is 356 g/mol. The molecule has 6 heteroatoms. The summed E-state index contributed by atoms with van der Waals surface area (Å²) in [5.74, 6) is 0.621. The zero-order valence-corrected chi connectivity index (χ0v) is 13.9. The second-order valence-electron chi connectivity index (χ2n) is 5.10. The van der Waals surface area contributed by atoms with E-state index < -0.39 is 6.10 Å². The zero-order chi connectivity index (χ0) is 15.1. The van der Waals surface area contributed by atoms with E-state index in [0.717, 1.165) is 37.2 Å². The SMILES string of the molecule is CC(Oc1ccc(Br)cc1)C(=O)NCCN1CCNCC1. The van der Waals surface area contributed by atoms with E-state index >= 15 is 0 Å². The highest BCUT2D eigenvalue weighted by Gasteiger charge is 2.15. The fourth-order valence-corrected chi connectivity index (χ4v) is 2.45. The molecule has 1 atom stereocenters. The van der Waals surface area contributed by atoms with Crippen molar-refractivity contribution in [2.45, 2.75) is 13.0 Å². The van der Waals surface area contributed by atoms with Crippen LogP contribution in [0.1, 0.15) is 6.92 Å². The summed E-state index contributed by atoms with van der Waals surface area (Å²) in [6, 6.07) is 7.47. The number of piperazine rings is 1. The van der Waals surface area contributed by atoms with Gasteiger partial charge in [-0.1, -0.05) is 15.9 Å². The van der Waals surface area contributed by atoms with E-state index in [-0.39, 0.29) is 5.91 Å². The summed E-state index contributed by atoms with van der Waals surface area (Å²) in [5, 5.41) is 6.24. The Labute approximate surface area is 134 Å². The average Bonchev–Trinajstić information content (AvgIpc) is 2.50. The molecule has 1 aromatic rings. The molecule has 5 nitrogen and oxygen atoms in total. The van der Waals surface area contributed by atoms with Gasteiger partial charge in [-0.05, 0) is 31.2 Å². The molecule has 1 saturated heterocycles. The van der Waals surface area contributed by atoms with Crippen molar-refractivity contribution >= 4 is 21.8 Å². The number of hydrogen-bond acceptors (Lipinski definition) is 4. The first kappa shape index (κ1) is 16.3. The smallest absolute Gasteiger partial charge is 0.260 e. The lowest BCUT2D eigenvalue weighted by molar-refractivity contribution is -0.127. The van der Waals surface area contributed by atoms with Crippen LogP contribution >= 0.6 is 15.9 Å². The molecule has 116 valence electrons. The number of carbonyl (C=O) groups excluding carboxylic acids is 1. The lowest BCUT2D eigenvalue weighted by Crippen LogP contribution is -2.47. The van der Waals surface area contributed by atoms with Gasteiger partial charge >= 0.3 is 0 Å². The number of halogens is 1. The van der Waals surface area contributed by atoms with Crippen molar-refractivity contribution in [2.24, 2.45) is 0 Å². The third kappa shape index (κ3) is 5.65. The molecule has 2 rings (SSSR count). The summed E-state index contributed by atoms with van der Waals surface area (Å²) in [4.78, 5) is 14.3. The van der Waals surface area contributed by atoms with Crippen LogP contribution < -0.4 is 15.4 Å². The first-order chi connectivity index (χ1) is 10.1. The van der Waals surface area contributed by atoms with Crippen LogP contribution in [0.4, 0.5) is 0 Å². The van der Waals surface area contributed by atoms with E-state index in [4.69, 9.17) is 4.74 Å². The molecule has 0 spiro atoms. The van der Waals surface area contributed by atoms with Crippen molar-refractivity contribution in [1.29, 1.82) is 0 Å². The first-order valence-corrected chi connectivity index (χ1v) is 8.07. The maximum absolute atomic E-state index is 12.0. The third-order valence-electron chi connectivity index (χ3n) is 3.43. The van der Waals surface area contributed by atoms with Crippen LogP contribution in [-0.4, -0.2) is 56.2 Å². The van der Waals surface area contributed by atoms with Crippen LogP contribution in [0.15, 0.2) is 28.7 Å². The van der Waals surface area contributed by atoms with E-state index in [2.05, 4.69) is 31.5 Å². The van der Waals surface area contributed by atoms with Gasteiger partial charge in [-0.25, -0.2) is 0 Å². The Morgan fingerprint density at radius 3 is 2.71 bits per heavy atom. The highest BCUT2D eigenvalue weighted by Crippen LogP contribution is 2.17. The number of nitrogens with zero attached hydrogens (tertiary/aromatic N) is 1. The Balaban J connectivity index is 1.68. The molecular formula is C15H22BrN3O2. The van der Waals surface area contributed by atoms with Crippen molar-refractivity contribution in [3.8, 4) is 5.75 Å². The maximum Gasteiger partial charge on any atom is 0.260 e. The van der Waals surface area contributed by atoms with Gasteiger partial charge in [0.15, 0.2) is 6.10 Å². The minimum atomic E-state index is -0.491. The molecule has 21 heavy (non-hydrogen) atoms. The first-order valence-electron chi connectivity index (χ1n) is 7.28. The van der Waals surface area contributed by atoms with E-state index in [1.165, 1.54) is 0 Å². The molecule has 1 heterocycles. The van der Waals surface area contributed by atoms with Gasteiger partial charge in [0.25, 0.3) is 5.91 Å². The summed E-state index contributed by atoms with van der Waals surface area (Å²) in [6.07, 6.45) is -0.491. The Bertz CT molecular complexity index is 447. The van der Waals surface area contributed by atoms with Gasteiger partial charge in [-0.3, -0.25) is 9.69 Å². The van der Waals surface area contributed by atoms with Crippen LogP contribution in [-0.2, 0) is 4.79 Å². The molecule has 1 aromatic carbocycles. The van der Waals surface area contributed by atoms with Gasteiger partial charge in [-0.2, -0.15) is 0 Å². The van der Waals surface area contributed by atoms with Crippen LogP contribution in [0.5, 0.6) is 5.75 Å². The molecule has 0 saturated carbocycles. The quantitative estimate of drug-likeness (QED) is 0.805. The van der Waals surface area contributed by atoms with E-state index in [9.17, 15) is 4.79 Å². The molecule has 1 amide bonds. The molecule has 2 N–H and O–H groups in total. The van der Waals surface area contributed by atoms with Crippen molar-refractivity contribution in [3.05, 3.63) is 28.7 Å². The lowest BCUT2D eigenvalue weighted by Gasteiger charge is -2.27. The number of nitrogens with one attached hydrogen (secondary N) is 2. The molecule has 1 aliphatic heterocycles. The summed E-state index contributed by atoms with van der Waals surface area (Å²) in [6.45, 7) is 7.45. The summed E-state index contributed by atoms with van der Waals surface area (Å²) in [5.41, 5.74) is 0. The van der Waals surface area contributed by atoms with Gasteiger partial charge in [0.05, 0.1) is 0 Å². The number of rotatable bonds is 6. The van der Waals surface area contributed by atoms with E-state index in [0.29, 0.717) is 12.3 Å². The standard InChI is InChI=1S/C15H22BrN3O2/c1-12(21-14-4-2-13(16)3-5-14)15(20)18-8-11-19-9-6-17-7-10-19/h2-5,12,17H,6-11H2,1H3,(H,18,20). The predicted octanol–water partition coefficient (Wildman–Crippen LogP) is 1.24. The summed E-state index contributed by atoms with van der Waals surface area (Å²) >= 11 is 3.37. The van der Waals surface area contributed by atoms with Crippen molar-refractivity contribution in [1.82, 2.24) is 15.5 Å². The molecule has 1 fully saturated rings. The fraction of sp³-hybridized carbons (Fsp3) is 0.533. The zero-order valence-electron chi connectivity index (χ0n) is 12.3. The molecule has 0 aliphatic carbocycles. The predicted molar refractivity (Wildman–Crippen MR) is 86.6 cm³/mol. The Hall–Kier alpha value is -1.11. The second-order valence-corrected chi connectivity index (χ2v) is 6.01. The van der Waals surface area contributed by atoms with Crippen LogP contribution in [0, 0.1) is 0 Å². The lowest BCUT2D eigenvalue weighted by atomic mass is 10.3. The third-order valence-corrected chi connectivity index (χ3v) is 3.96. The van der Waals surface area contributed by atoms with Crippen molar-refractivity contribution in [3.63, 3.8) is 0 Å². The van der Waals surface area contributed by atoms with E-state index in [1.807, 2.05) is 24.3 Å². The van der Waals surface area contributed by atoms with E-state index in [1.54, 1.807) is 6.92 Å². The van der Waals surface area contributed by atoms with Gasteiger partial charge in [-0.15, -0.1) is 0 Å². The monoisotopic (exact) mass is 355 g/mol. The highest BCUT2D eigenvalue weighted by atomic mass is 79.9. The van der Waals surface area contributed by atoms with Gasteiger partial charge < -0.3 is 15.4 Å². The molecular weight excluding hydrogens is 334 g/mol. The number of carbonyl (C=O) groups is 1. The summed E-state index contributed by atoms with van der Waals surface area (Å²) < 4.78 is 6.61. The van der Waals surface area contributed by atoms with Crippen LogP contribution in [0.25, 0.3) is 0 Å². The van der Waals surface area contributed by atoms with Crippen molar-refractivity contribution < 1.29 is 9.53 Å². The van der Waals surface area contributed by atoms with Crippen LogP contribution in [0.3, 0.4) is 0 Å². The summed E-state index contributed by atoms with van der Waals surface area (Å²) in [7, 11) is 0. The van der Waals surface area contributed by atoms with Gasteiger partial charge in [0.1, 0.15) is 5.75 Å². The van der Waals surface area contributed by atoms with Gasteiger partial charge in [0.2, 0.25) is 0 Å². The van der Waals surface area contributed by atoms with Crippen LogP contribution in [0.2, 0.25) is 0 Å². The number of benzene rings is 1. The Kier molecular flexibility index (Phi) is 6.48. The van der Waals surface area contributed by atoms with Gasteiger partial charge in [0, 0.05) is 43.7 Å². The molecule has 0 aromatic heterocycles. The molecule has 0 bridgehead atoms. The largest absolute Gasteiger partial charge is 0.481 e. The second kappa shape index (κ2) is 8.36. The number of amides is 1. The fourth-order valence-electron chi connectivity index (χ4n) is 2.19. The molecule has 1 unspecified atom stereocenters. The topological polar surface area (TPSA) is 53.6 Å². The minimum Gasteiger partial charge on any atom is -0.481 e. The Morgan fingerprint density at radius 2 is 2.05 bits per heavy atom.